The minimum Gasteiger partial charge on any atom is -0.494 e. The van der Waals surface area contributed by atoms with E-state index >= 15 is 0 Å². The summed E-state index contributed by atoms with van der Waals surface area (Å²) in [4.78, 5) is 49.4. The summed E-state index contributed by atoms with van der Waals surface area (Å²) in [6.45, 7) is 12.9. The van der Waals surface area contributed by atoms with Crippen molar-refractivity contribution in [3.63, 3.8) is 0 Å². The summed E-state index contributed by atoms with van der Waals surface area (Å²) in [6.07, 6.45) is 5.32. The van der Waals surface area contributed by atoms with E-state index in [1.165, 1.54) is 0 Å². The lowest BCUT2D eigenvalue weighted by Crippen LogP contribution is -2.47. The number of hydrogen-bond acceptors (Lipinski definition) is 7. The molecule has 0 radical (unpaired) electrons. The Bertz CT molecular complexity index is 1760. The van der Waals surface area contributed by atoms with Gasteiger partial charge in [-0.3, -0.25) is 24.3 Å². The van der Waals surface area contributed by atoms with Crippen molar-refractivity contribution >= 4 is 34.2 Å². The van der Waals surface area contributed by atoms with Crippen molar-refractivity contribution < 1.29 is 18.7 Å². The Labute approximate surface area is 264 Å². The zero-order valence-electron chi connectivity index (χ0n) is 27.1. The highest BCUT2D eigenvalue weighted by atomic mass is 16.5. The first-order chi connectivity index (χ1) is 21.5. The molecule has 0 saturated carbocycles. The number of rotatable bonds is 12. The van der Waals surface area contributed by atoms with Crippen molar-refractivity contribution in [2.24, 2.45) is 5.41 Å². The molecule has 0 atom stereocenters. The third kappa shape index (κ3) is 6.66. The molecule has 1 aliphatic rings. The molecule has 0 spiro atoms. The minimum atomic E-state index is -1.15. The predicted molar refractivity (Wildman–Crippen MR) is 176 cm³/mol. The van der Waals surface area contributed by atoms with E-state index in [4.69, 9.17) is 9.15 Å². The van der Waals surface area contributed by atoms with Gasteiger partial charge in [0.25, 0.3) is 5.56 Å². The average Bonchev–Trinajstić information content (AvgIpc) is 3.40. The molecule has 3 aromatic heterocycles. The number of benzene rings is 1. The van der Waals surface area contributed by atoms with Gasteiger partial charge >= 0.3 is 0 Å². The monoisotopic (exact) mass is 613 g/mol. The third-order valence-electron chi connectivity index (χ3n) is 8.62. The second kappa shape index (κ2) is 13.3. The Morgan fingerprint density at radius 1 is 0.978 bits per heavy atom. The molecular weight excluding hydrogens is 570 g/mol. The fraction of sp³-hybridized carbons (Fsp3) is 0.429. The Morgan fingerprint density at radius 2 is 1.78 bits per heavy atom. The maximum Gasteiger partial charge on any atom is 0.261 e. The third-order valence-corrected chi connectivity index (χ3v) is 8.62. The lowest BCUT2D eigenvalue weighted by Gasteiger charge is -2.27. The molecule has 0 unspecified atom stereocenters. The first-order valence-electron chi connectivity index (χ1n) is 15.6. The van der Waals surface area contributed by atoms with E-state index in [2.05, 4.69) is 16.0 Å². The van der Waals surface area contributed by atoms with Crippen LogP contribution in [0.4, 0.5) is 11.4 Å². The molecule has 10 heteroatoms. The second-order valence-electron chi connectivity index (χ2n) is 12.2. The van der Waals surface area contributed by atoms with Crippen LogP contribution in [0.1, 0.15) is 50.6 Å². The van der Waals surface area contributed by atoms with Gasteiger partial charge in [0, 0.05) is 57.4 Å². The smallest absolute Gasteiger partial charge is 0.261 e. The Hall–Kier alpha value is -4.44. The Morgan fingerprint density at radius 3 is 2.53 bits per heavy atom. The summed E-state index contributed by atoms with van der Waals surface area (Å²) < 4.78 is 13.5. The van der Waals surface area contributed by atoms with Crippen molar-refractivity contribution in [1.29, 1.82) is 0 Å². The largest absolute Gasteiger partial charge is 0.494 e. The Kier molecular flexibility index (Phi) is 9.43. The normalized spacial score (nSPS) is 14.7. The molecule has 1 aliphatic heterocycles. The van der Waals surface area contributed by atoms with Gasteiger partial charge in [-0.2, -0.15) is 0 Å². The van der Waals surface area contributed by atoms with Gasteiger partial charge < -0.3 is 23.5 Å². The molecule has 10 nitrogen and oxygen atoms in total. The first kappa shape index (κ1) is 32.0. The number of aryl methyl sites for hydroxylation is 2. The predicted octanol–water partition coefficient (Wildman–Crippen LogP) is 5.32. The van der Waals surface area contributed by atoms with E-state index in [0.717, 1.165) is 42.9 Å². The van der Waals surface area contributed by atoms with E-state index in [1.807, 2.05) is 51.1 Å². The van der Waals surface area contributed by atoms with Crippen molar-refractivity contribution in [3.8, 4) is 5.75 Å². The maximum atomic E-state index is 13.2. The standard InChI is InChI=1S/C35H43N5O5/c1-7-40-29-13-12-27(22-30(29)37(6)33(42)35(4,5)34(40)43)44-20-9-8-16-38(23-26-11-10-15-36-25(26)3)18-19-39-17-14-31-28(32(39)41)21-24(2)45-31/h10-15,17,21-22H,7-9,16,18-20,23H2,1-6H3. The number of unbranched alkanes of at least 4 members (excludes halogenated alkanes) is 1. The molecule has 5 rings (SSSR count). The summed E-state index contributed by atoms with van der Waals surface area (Å²) >= 11 is 0. The summed E-state index contributed by atoms with van der Waals surface area (Å²) in [5.41, 5.74) is 2.95. The molecule has 4 heterocycles. The quantitative estimate of drug-likeness (QED) is 0.157. The lowest BCUT2D eigenvalue weighted by molar-refractivity contribution is -0.137. The molecule has 0 aliphatic carbocycles. The molecule has 238 valence electrons. The molecule has 4 aromatic rings. The van der Waals surface area contributed by atoms with Gasteiger partial charge in [-0.05, 0) is 89.9 Å². The number of ether oxygens (including phenoxy) is 1. The van der Waals surface area contributed by atoms with E-state index in [9.17, 15) is 14.4 Å². The van der Waals surface area contributed by atoms with Crippen LogP contribution < -0.4 is 20.1 Å². The fourth-order valence-electron chi connectivity index (χ4n) is 5.92. The van der Waals surface area contributed by atoms with Gasteiger partial charge in [-0.15, -0.1) is 0 Å². The van der Waals surface area contributed by atoms with Crippen LogP contribution in [0.2, 0.25) is 0 Å². The first-order valence-corrected chi connectivity index (χ1v) is 15.6. The van der Waals surface area contributed by atoms with Crippen molar-refractivity contribution in [2.75, 3.05) is 43.1 Å². The maximum absolute atomic E-state index is 13.2. The zero-order valence-corrected chi connectivity index (χ0v) is 27.1. The number of fused-ring (bicyclic) bond motifs is 2. The highest BCUT2D eigenvalue weighted by Crippen LogP contribution is 2.40. The van der Waals surface area contributed by atoms with Crippen LogP contribution >= 0.6 is 0 Å². The van der Waals surface area contributed by atoms with Gasteiger partial charge in [-0.25, -0.2) is 0 Å². The minimum absolute atomic E-state index is 0.0432. The summed E-state index contributed by atoms with van der Waals surface area (Å²) in [7, 11) is 1.71. The number of hydrogen-bond donors (Lipinski definition) is 0. The van der Waals surface area contributed by atoms with Crippen LogP contribution in [0, 0.1) is 19.3 Å². The Balaban J connectivity index is 1.22. The van der Waals surface area contributed by atoms with Gasteiger partial charge in [0.15, 0.2) is 0 Å². The topological polar surface area (TPSA) is 101 Å². The van der Waals surface area contributed by atoms with Gasteiger partial charge in [0.05, 0.1) is 23.4 Å². The molecule has 0 saturated heterocycles. The molecule has 1 aromatic carbocycles. The van der Waals surface area contributed by atoms with E-state index in [1.54, 1.807) is 53.7 Å². The second-order valence-corrected chi connectivity index (χ2v) is 12.2. The zero-order chi connectivity index (χ0) is 32.3. The molecule has 2 amide bonds. The molecule has 0 N–H and O–H groups in total. The van der Waals surface area contributed by atoms with Crippen molar-refractivity contribution in [1.82, 2.24) is 14.5 Å². The lowest BCUT2D eigenvalue weighted by atomic mass is 9.90. The molecule has 0 fully saturated rings. The van der Waals surface area contributed by atoms with E-state index in [-0.39, 0.29) is 17.4 Å². The van der Waals surface area contributed by atoms with Crippen molar-refractivity contribution in [2.45, 2.75) is 60.5 Å². The van der Waals surface area contributed by atoms with Crippen LogP contribution in [-0.2, 0) is 22.7 Å². The van der Waals surface area contributed by atoms with Crippen LogP contribution in [0.5, 0.6) is 5.75 Å². The molecule has 0 bridgehead atoms. The summed E-state index contributed by atoms with van der Waals surface area (Å²) in [6, 6.07) is 13.3. The van der Waals surface area contributed by atoms with Crippen LogP contribution in [0.25, 0.3) is 11.0 Å². The van der Waals surface area contributed by atoms with Gasteiger partial charge in [0.1, 0.15) is 22.5 Å². The average molecular weight is 614 g/mol. The van der Waals surface area contributed by atoms with Crippen molar-refractivity contribution in [3.05, 3.63) is 82.2 Å². The van der Waals surface area contributed by atoms with Crippen LogP contribution in [0.3, 0.4) is 0 Å². The van der Waals surface area contributed by atoms with Crippen LogP contribution in [-0.4, -0.2) is 59.6 Å². The van der Waals surface area contributed by atoms with Crippen LogP contribution in [0.15, 0.2) is 64.1 Å². The molecular formula is C35H43N5O5. The molecule has 45 heavy (non-hydrogen) atoms. The number of furan rings is 1. The number of carbonyl (C=O) groups is 2. The highest BCUT2D eigenvalue weighted by molar-refractivity contribution is 6.20. The number of anilines is 2. The van der Waals surface area contributed by atoms with E-state index in [0.29, 0.717) is 54.3 Å². The van der Waals surface area contributed by atoms with E-state index < -0.39 is 5.41 Å². The number of nitrogens with zero attached hydrogens (tertiary/aromatic N) is 5. The summed E-state index contributed by atoms with van der Waals surface area (Å²) in [5.74, 6) is 0.933. The summed E-state index contributed by atoms with van der Waals surface area (Å²) in [5, 5.41) is 0.605. The fourth-order valence-corrected chi connectivity index (χ4v) is 5.92. The SMILES string of the molecule is CCN1C(=O)C(C)(C)C(=O)N(C)c2cc(OCCCCN(CCn3ccc4oc(C)cc4c3=O)Cc3cccnc3C)ccc21. The number of carbonyl (C=O) groups excluding carboxylic acids is 2. The highest BCUT2D eigenvalue weighted by Gasteiger charge is 2.45. The van der Waals surface area contributed by atoms with Gasteiger partial charge in [-0.1, -0.05) is 6.07 Å². The number of aromatic nitrogens is 2. The number of pyridine rings is 2. The number of amides is 2. The van der Waals surface area contributed by atoms with Gasteiger partial charge in [0.2, 0.25) is 11.8 Å².